The van der Waals surface area contributed by atoms with Gasteiger partial charge in [-0.3, -0.25) is 0 Å². The Bertz CT molecular complexity index is 212. The smallest absolute Gasteiger partial charge is 0.161 e. The molecule has 2 heterocycles. The molecule has 3 aliphatic rings. The summed E-state index contributed by atoms with van der Waals surface area (Å²) in [4.78, 5) is 0. The monoisotopic (exact) mass is 152 g/mol. The van der Waals surface area contributed by atoms with Crippen LogP contribution >= 0.6 is 0 Å². The molecule has 11 heavy (non-hydrogen) atoms. The van der Waals surface area contributed by atoms with Crippen molar-refractivity contribution in [2.75, 3.05) is 13.2 Å². The topological polar surface area (TPSA) is 18.5 Å². The standard InChI is InChI=1S/C9H12O2/c1-5-6-2-7-8(5)4-11-9(7)10-3-6/h6-9H,1-4H2/t6?,7?,8?,9-/m0/s1. The first-order valence-electron chi connectivity index (χ1n) is 4.28. The lowest BCUT2D eigenvalue weighted by molar-refractivity contribution is -0.158. The number of hydrogen-bond donors (Lipinski definition) is 0. The normalized spacial score (nSPS) is 53.6. The molecule has 4 atom stereocenters. The van der Waals surface area contributed by atoms with E-state index >= 15 is 0 Å². The van der Waals surface area contributed by atoms with Crippen LogP contribution in [0, 0.1) is 17.8 Å². The van der Waals surface area contributed by atoms with Crippen molar-refractivity contribution in [2.24, 2.45) is 17.8 Å². The third kappa shape index (κ3) is 0.644. The van der Waals surface area contributed by atoms with Crippen molar-refractivity contribution in [3.05, 3.63) is 12.2 Å². The molecule has 1 aliphatic carbocycles. The molecule has 2 saturated heterocycles. The molecule has 0 radical (unpaired) electrons. The minimum absolute atomic E-state index is 0.107. The van der Waals surface area contributed by atoms with Crippen LogP contribution in [0.4, 0.5) is 0 Å². The summed E-state index contributed by atoms with van der Waals surface area (Å²) in [5, 5.41) is 0. The van der Waals surface area contributed by atoms with Crippen LogP contribution < -0.4 is 0 Å². The van der Waals surface area contributed by atoms with E-state index in [4.69, 9.17) is 9.47 Å². The van der Waals surface area contributed by atoms with Gasteiger partial charge in [-0.25, -0.2) is 0 Å². The number of ether oxygens (including phenoxy) is 2. The SMILES string of the molecule is C=C1C2CO[C@H]3OCC1C3C2. The molecule has 60 valence electrons. The van der Waals surface area contributed by atoms with Crippen LogP contribution in [0.1, 0.15) is 6.42 Å². The first-order chi connectivity index (χ1) is 5.36. The Morgan fingerprint density at radius 3 is 3.00 bits per heavy atom. The molecule has 0 spiro atoms. The van der Waals surface area contributed by atoms with Crippen molar-refractivity contribution in [3.8, 4) is 0 Å². The fourth-order valence-electron chi connectivity index (χ4n) is 2.63. The van der Waals surface area contributed by atoms with E-state index in [9.17, 15) is 0 Å². The third-order valence-electron chi connectivity index (χ3n) is 3.33. The fourth-order valence-corrected chi connectivity index (χ4v) is 2.63. The number of fused-ring (bicyclic) bond motifs is 1. The zero-order valence-electron chi connectivity index (χ0n) is 6.45. The summed E-state index contributed by atoms with van der Waals surface area (Å²) >= 11 is 0. The Morgan fingerprint density at radius 2 is 2.09 bits per heavy atom. The van der Waals surface area contributed by atoms with E-state index in [2.05, 4.69) is 6.58 Å². The molecular formula is C9H12O2. The van der Waals surface area contributed by atoms with Crippen LogP contribution in [0.25, 0.3) is 0 Å². The van der Waals surface area contributed by atoms with Gasteiger partial charge in [-0.2, -0.15) is 0 Å². The minimum Gasteiger partial charge on any atom is -0.352 e. The van der Waals surface area contributed by atoms with Crippen LogP contribution in [0.15, 0.2) is 12.2 Å². The predicted molar refractivity (Wildman–Crippen MR) is 39.9 cm³/mol. The maximum Gasteiger partial charge on any atom is 0.161 e. The predicted octanol–water partition coefficient (Wildman–Crippen LogP) is 1.18. The highest BCUT2D eigenvalue weighted by Gasteiger charge is 2.50. The van der Waals surface area contributed by atoms with Crippen molar-refractivity contribution in [2.45, 2.75) is 12.7 Å². The molecule has 2 nitrogen and oxygen atoms in total. The van der Waals surface area contributed by atoms with E-state index in [1.807, 2.05) is 0 Å². The highest BCUT2D eigenvalue weighted by atomic mass is 16.7. The lowest BCUT2D eigenvalue weighted by Gasteiger charge is -2.25. The van der Waals surface area contributed by atoms with Gasteiger partial charge < -0.3 is 9.47 Å². The van der Waals surface area contributed by atoms with Crippen LogP contribution in [-0.2, 0) is 9.47 Å². The molecule has 0 aromatic carbocycles. The molecule has 1 saturated carbocycles. The molecule has 2 aliphatic heterocycles. The highest BCUT2D eigenvalue weighted by Crippen LogP contribution is 2.50. The Kier molecular flexibility index (Phi) is 1.06. The van der Waals surface area contributed by atoms with Crippen LogP contribution in [0.5, 0.6) is 0 Å². The zero-order chi connectivity index (χ0) is 7.42. The summed E-state index contributed by atoms with van der Waals surface area (Å²) in [5.74, 6) is 1.90. The molecule has 0 aromatic rings. The summed E-state index contributed by atoms with van der Waals surface area (Å²) in [6, 6.07) is 0. The first-order valence-corrected chi connectivity index (χ1v) is 4.28. The molecule has 3 rings (SSSR count). The maximum atomic E-state index is 5.54. The van der Waals surface area contributed by atoms with E-state index in [0.717, 1.165) is 13.2 Å². The molecular weight excluding hydrogens is 140 g/mol. The fraction of sp³-hybridized carbons (Fsp3) is 0.778. The average molecular weight is 152 g/mol. The Hall–Kier alpha value is -0.340. The molecule has 0 amide bonds. The minimum atomic E-state index is 0.107. The lowest BCUT2D eigenvalue weighted by Crippen LogP contribution is -2.27. The van der Waals surface area contributed by atoms with Crippen LogP contribution in [0.3, 0.4) is 0 Å². The second-order valence-electron chi connectivity index (χ2n) is 3.81. The highest BCUT2D eigenvalue weighted by molar-refractivity contribution is 5.18. The number of rotatable bonds is 0. The average Bonchev–Trinajstić information content (AvgIpc) is 2.51. The van der Waals surface area contributed by atoms with Crippen molar-refractivity contribution in [1.82, 2.24) is 0 Å². The summed E-state index contributed by atoms with van der Waals surface area (Å²) < 4.78 is 11.0. The first kappa shape index (κ1) is 6.21. The molecule has 3 fully saturated rings. The molecule has 0 aromatic heterocycles. The second kappa shape index (κ2) is 1.87. The van der Waals surface area contributed by atoms with Crippen LogP contribution in [0.2, 0.25) is 0 Å². The molecule has 3 unspecified atom stereocenters. The van der Waals surface area contributed by atoms with Crippen molar-refractivity contribution >= 4 is 0 Å². The van der Waals surface area contributed by atoms with Gasteiger partial charge in [0.15, 0.2) is 6.29 Å². The van der Waals surface area contributed by atoms with E-state index in [0.29, 0.717) is 17.8 Å². The van der Waals surface area contributed by atoms with Crippen molar-refractivity contribution in [3.63, 3.8) is 0 Å². The van der Waals surface area contributed by atoms with Gasteiger partial charge in [0.2, 0.25) is 0 Å². The Morgan fingerprint density at radius 1 is 1.27 bits per heavy atom. The summed E-state index contributed by atoms with van der Waals surface area (Å²) in [7, 11) is 0. The summed E-state index contributed by atoms with van der Waals surface area (Å²) in [6.07, 6.45) is 1.37. The van der Waals surface area contributed by atoms with Gasteiger partial charge in [-0.05, 0) is 6.42 Å². The largest absolute Gasteiger partial charge is 0.352 e. The van der Waals surface area contributed by atoms with Gasteiger partial charge in [0.05, 0.1) is 13.2 Å². The third-order valence-corrected chi connectivity index (χ3v) is 3.33. The van der Waals surface area contributed by atoms with Crippen molar-refractivity contribution < 1.29 is 9.47 Å². The van der Waals surface area contributed by atoms with E-state index in [1.54, 1.807) is 0 Å². The Balaban J connectivity index is 2.01. The molecule has 0 N–H and O–H groups in total. The number of hydrogen-bond acceptors (Lipinski definition) is 2. The lowest BCUT2D eigenvalue weighted by atomic mass is 9.97. The van der Waals surface area contributed by atoms with Crippen molar-refractivity contribution in [1.29, 1.82) is 0 Å². The quantitative estimate of drug-likeness (QED) is 0.485. The van der Waals surface area contributed by atoms with Gasteiger partial charge in [0.1, 0.15) is 0 Å². The summed E-state index contributed by atoms with van der Waals surface area (Å²) in [5.41, 5.74) is 1.38. The Labute approximate surface area is 66.2 Å². The van der Waals surface area contributed by atoms with Gasteiger partial charge >= 0.3 is 0 Å². The zero-order valence-corrected chi connectivity index (χ0v) is 6.45. The summed E-state index contributed by atoms with van der Waals surface area (Å²) in [6.45, 7) is 5.81. The van der Waals surface area contributed by atoms with E-state index < -0.39 is 0 Å². The van der Waals surface area contributed by atoms with Gasteiger partial charge in [0, 0.05) is 17.8 Å². The van der Waals surface area contributed by atoms with Gasteiger partial charge in [-0.1, -0.05) is 12.2 Å². The maximum absolute atomic E-state index is 5.54. The van der Waals surface area contributed by atoms with E-state index in [-0.39, 0.29) is 6.29 Å². The van der Waals surface area contributed by atoms with Gasteiger partial charge in [-0.15, -0.1) is 0 Å². The molecule has 2 bridgehead atoms. The van der Waals surface area contributed by atoms with E-state index in [1.165, 1.54) is 12.0 Å². The molecule has 2 heteroatoms. The second-order valence-corrected chi connectivity index (χ2v) is 3.81. The van der Waals surface area contributed by atoms with Gasteiger partial charge in [0.25, 0.3) is 0 Å². The van der Waals surface area contributed by atoms with Crippen LogP contribution in [-0.4, -0.2) is 19.5 Å².